The van der Waals surface area contributed by atoms with Crippen LogP contribution in [0.1, 0.15) is 30.0 Å². The molecule has 10 heteroatoms. The number of fused-ring (bicyclic) bond motifs is 1. The van der Waals surface area contributed by atoms with Crippen molar-refractivity contribution < 1.29 is 27.5 Å². The Morgan fingerprint density at radius 3 is 2.41 bits per heavy atom. The topological polar surface area (TPSA) is 73.9 Å². The van der Waals surface area contributed by atoms with E-state index in [0.29, 0.717) is 0 Å². The van der Waals surface area contributed by atoms with Crippen molar-refractivity contribution in [1.29, 1.82) is 0 Å². The van der Waals surface area contributed by atoms with Crippen LogP contribution in [0.15, 0.2) is 42.5 Å². The van der Waals surface area contributed by atoms with Gasteiger partial charge < -0.3 is 20.3 Å². The molecule has 0 radical (unpaired) electrons. The van der Waals surface area contributed by atoms with Crippen LogP contribution in [0.4, 0.5) is 24.5 Å². The summed E-state index contributed by atoms with van der Waals surface area (Å²) in [6.45, 7) is 3.11. The lowest BCUT2D eigenvalue weighted by Crippen LogP contribution is -2.41. The molecule has 0 aromatic heterocycles. The maximum absolute atomic E-state index is 12.5. The zero-order chi connectivity index (χ0) is 24.3. The molecule has 182 valence electrons. The van der Waals surface area contributed by atoms with Gasteiger partial charge in [-0.25, -0.2) is 0 Å². The minimum atomic E-state index is -4.80. The van der Waals surface area contributed by atoms with Gasteiger partial charge in [-0.05, 0) is 73.8 Å². The highest BCUT2D eigenvalue weighted by Gasteiger charge is 2.31. The monoisotopic (exact) mass is 476 g/mol. The Labute approximate surface area is 195 Å². The minimum absolute atomic E-state index is 0.0470. The number of hydrogen-bond acceptors (Lipinski definition) is 5. The normalized spacial score (nSPS) is 16.8. The second kappa shape index (κ2) is 9.92. The molecule has 34 heavy (non-hydrogen) atoms. The van der Waals surface area contributed by atoms with Gasteiger partial charge in [0.15, 0.2) is 0 Å². The third kappa shape index (κ3) is 5.80. The summed E-state index contributed by atoms with van der Waals surface area (Å²) < 4.78 is 40.6. The van der Waals surface area contributed by atoms with Crippen LogP contribution in [0.3, 0.4) is 0 Å². The van der Waals surface area contributed by atoms with Crippen molar-refractivity contribution in [2.75, 3.05) is 43.4 Å². The van der Waals surface area contributed by atoms with Crippen molar-refractivity contribution in [3.63, 3.8) is 0 Å². The summed E-state index contributed by atoms with van der Waals surface area (Å²) in [5.41, 5.74) is 3.80. The lowest BCUT2D eigenvalue weighted by molar-refractivity contribution is -0.274. The summed E-state index contributed by atoms with van der Waals surface area (Å²) in [5.74, 6) is -2.11. The number of nitrogens with zero attached hydrogens (tertiary/aromatic N) is 2. The molecule has 7 nitrogen and oxygen atoms in total. The van der Waals surface area contributed by atoms with E-state index in [9.17, 15) is 22.8 Å². The number of amides is 2. The van der Waals surface area contributed by atoms with E-state index in [4.69, 9.17) is 0 Å². The molecule has 2 aliphatic rings. The number of carbonyl (C=O) groups excluding carboxylic acids is 2. The maximum Gasteiger partial charge on any atom is 0.573 e. The Morgan fingerprint density at radius 2 is 1.74 bits per heavy atom. The number of ether oxygens (including phenoxy) is 1. The van der Waals surface area contributed by atoms with E-state index in [1.807, 2.05) is 0 Å². The van der Waals surface area contributed by atoms with Crippen LogP contribution in [0.25, 0.3) is 0 Å². The summed E-state index contributed by atoms with van der Waals surface area (Å²) in [7, 11) is 2.07. The number of nitrogens with one attached hydrogen (secondary N) is 2. The van der Waals surface area contributed by atoms with E-state index < -0.39 is 23.9 Å². The molecular formula is C24H27F3N4O3. The quantitative estimate of drug-likeness (QED) is 0.625. The van der Waals surface area contributed by atoms with Crippen molar-refractivity contribution in [2.45, 2.75) is 31.7 Å². The summed E-state index contributed by atoms with van der Waals surface area (Å²) >= 11 is 0. The molecule has 2 aromatic rings. The first kappa shape index (κ1) is 23.9. The van der Waals surface area contributed by atoms with Crippen LogP contribution < -0.4 is 20.3 Å². The average molecular weight is 476 g/mol. The van der Waals surface area contributed by atoms with Gasteiger partial charge in [-0.1, -0.05) is 12.1 Å². The van der Waals surface area contributed by atoms with Crippen LogP contribution >= 0.6 is 0 Å². The van der Waals surface area contributed by atoms with Crippen LogP contribution in [-0.4, -0.2) is 56.3 Å². The van der Waals surface area contributed by atoms with E-state index >= 15 is 0 Å². The first-order valence-corrected chi connectivity index (χ1v) is 11.2. The van der Waals surface area contributed by atoms with Gasteiger partial charge in [0, 0.05) is 31.5 Å². The van der Waals surface area contributed by atoms with E-state index in [2.05, 4.69) is 50.4 Å². The smallest absolute Gasteiger partial charge is 0.406 e. The first-order valence-electron chi connectivity index (χ1n) is 11.2. The van der Waals surface area contributed by atoms with Gasteiger partial charge in [0.1, 0.15) is 5.75 Å². The molecule has 0 saturated carbocycles. The second-order valence-electron chi connectivity index (χ2n) is 8.55. The molecule has 1 atom stereocenters. The van der Waals surface area contributed by atoms with Gasteiger partial charge in [-0.3, -0.25) is 14.5 Å². The number of alkyl halides is 3. The highest BCUT2D eigenvalue weighted by Crippen LogP contribution is 2.32. The Balaban J connectivity index is 1.37. The number of benzene rings is 2. The van der Waals surface area contributed by atoms with E-state index in [1.54, 1.807) is 0 Å². The fourth-order valence-electron chi connectivity index (χ4n) is 4.50. The van der Waals surface area contributed by atoms with Gasteiger partial charge in [-0.2, -0.15) is 0 Å². The molecule has 2 amide bonds. The predicted octanol–water partition coefficient (Wildman–Crippen LogP) is 3.47. The first-order chi connectivity index (χ1) is 16.2. The maximum atomic E-state index is 12.5. The molecule has 0 aliphatic carbocycles. The molecular weight excluding hydrogens is 449 g/mol. The van der Waals surface area contributed by atoms with Gasteiger partial charge >= 0.3 is 18.2 Å². The van der Waals surface area contributed by atoms with Crippen LogP contribution in [-0.2, 0) is 16.0 Å². The third-order valence-corrected chi connectivity index (χ3v) is 6.21. The molecule has 4 rings (SSSR count). The number of rotatable bonds is 6. The van der Waals surface area contributed by atoms with Gasteiger partial charge in [0.2, 0.25) is 0 Å². The Hall–Kier alpha value is -3.27. The predicted molar refractivity (Wildman–Crippen MR) is 122 cm³/mol. The van der Waals surface area contributed by atoms with Gasteiger partial charge in [0.25, 0.3) is 0 Å². The molecule has 2 heterocycles. The fourth-order valence-corrected chi connectivity index (χ4v) is 4.50. The van der Waals surface area contributed by atoms with E-state index in [-0.39, 0.29) is 18.3 Å². The molecule has 0 unspecified atom stereocenters. The number of halogens is 3. The molecule has 0 bridgehead atoms. The molecule has 1 saturated heterocycles. The zero-order valence-electron chi connectivity index (χ0n) is 18.8. The largest absolute Gasteiger partial charge is 0.573 e. The summed E-state index contributed by atoms with van der Waals surface area (Å²) in [4.78, 5) is 29.3. The number of carbonyl (C=O) groups is 2. The van der Waals surface area contributed by atoms with Gasteiger partial charge in [0.05, 0.1) is 6.04 Å². The lowest BCUT2D eigenvalue weighted by atomic mass is 10.0. The number of likely N-dealkylation sites (N-methyl/N-ethyl adjacent to an activating group) is 1. The Morgan fingerprint density at radius 1 is 1.03 bits per heavy atom. The Kier molecular flexibility index (Phi) is 6.97. The molecule has 2 N–H and O–H groups in total. The summed E-state index contributed by atoms with van der Waals surface area (Å²) in [6, 6.07) is 10.9. The molecule has 2 aromatic carbocycles. The van der Waals surface area contributed by atoms with E-state index in [1.165, 1.54) is 23.4 Å². The standard InChI is InChI=1S/C24H27F3N4O3/c1-30-13-10-17-14-16(4-9-20(17)30)21(31-11-2-3-12-31)15-28-22(32)23(33)29-18-5-7-19(8-6-18)34-24(25,26)27/h4-9,14,21H,2-3,10-13,15H2,1H3,(H,28,32)(H,29,33)/t21-/m0/s1. The number of likely N-dealkylation sites (tertiary alicyclic amines) is 1. The Bertz CT molecular complexity index is 1040. The lowest BCUT2D eigenvalue weighted by Gasteiger charge is -2.28. The van der Waals surface area contributed by atoms with Crippen LogP contribution in [0, 0.1) is 0 Å². The highest BCUT2D eigenvalue weighted by atomic mass is 19.4. The van der Waals surface area contributed by atoms with Crippen LogP contribution in [0.5, 0.6) is 5.75 Å². The fraction of sp³-hybridized carbons (Fsp3) is 0.417. The summed E-state index contributed by atoms with van der Waals surface area (Å²) in [6.07, 6.45) is -1.64. The average Bonchev–Trinajstić information content (AvgIpc) is 3.44. The van der Waals surface area contributed by atoms with Crippen molar-refractivity contribution in [3.05, 3.63) is 53.6 Å². The third-order valence-electron chi connectivity index (χ3n) is 6.21. The van der Waals surface area contributed by atoms with Crippen molar-refractivity contribution >= 4 is 23.2 Å². The van der Waals surface area contributed by atoms with Crippen molar-refractivity contribution in [1.82, 2.24) is 10.2 Å². The SMILES string of the molecule is CN1CCc2cc([C@H](CNC(=O)C(=O)Nc3ccc(OC(F)(F)F)cc3)N3CCCC3)ccc21. The van der Waals surface area contributed by atoms with Crippen molar-refractivity contribution in [3.8, 4) is 5.75 Å². The van der Waals surface area contributed by atoms with Crippen LogP contribution in [0.2, 0.25) is 0 Å². The number of anilines is 2. The van der Waals surface area contributed by atoms with E-state index in [0.717, 1.165) is 56.6 Å². The van der Waals surface area contributed by atoms with Crippen molar-refractivity contribution in [2.24, 2.45) is 0 Å². The second-order valence-corrected chi connectivity index (χ2v) is 8.55. The molecule has 0 spiro atoms. The molecule has 2 aliphatic heterocycles. The zero-order valence-corrected chi connectivity index (χ0v) is 18.8. The number of hydrogen-bond donors (Lipinski definition) is 2. The highest BCUT2D eigenvalue weighted by molar-refractivity contribution is 6.39. The summed E-state index contributed by atoms with van der Waals surface area (Å²) in [5, 5.41) is 5.12. The molecule has 1 fully saturated rings. The minimum Gasteiger partial charge on any atom is -0.406 e. The van der Waals surface area contributed by atoms with Gasteiger partial charge in [-0.15, -0.1) is 13.2 Å².